The highest BCUT2D eigenvalue weighted by molar-refractivity contribution is 9.10. The lowest BCUT2D eigenvalue weighted by Gasteiger charge is -2.31. The van der Waals surface area contributed by atoms with Crippen LogP contribution in [0.5, 0.6) is 0 Å². The van der Waals surface area contributed by atoms with Crippen LogP contribution in [-0.2, 0) is 31.0 Å². The number of carbonyl (C=O) groups excluding carboxylic acids is 3. The van der Waals surface area contributed by atoms with Gasteiger partial charge in [-0.2, -0.15) is 10.5 Å². The highest BCUT2D eigenvalue weighted by atomic mass is 79.9. The van der Waals surface area contributed by atoms with Crippen molar-refractivity contribution in [2.24, 2.45) is 5.73 Å². The normalized spacial score (nSPS) is 15.6. The van der Waals surface area contributed by atoms with E-state index in [0.717, 1.165) is 75.3 Å². The van der Waals surface area contributed by atoms with Crippen molar-refractivity contribution < 1.29 is 24.3 Å². The lowest BCUT2D eigenvalue weighted by atomic mass is 9.88. The molecule has 0 unspecified atom stereocenters. The Balaban J connectivity index is 0.000000204. The van der Waals surface area contributed by atoms with E-state index in [9.17, 15) is 24.4 Å². The van der Waals surface area contributed by atoms with Gasteiger partial charge in [0.15, 0.2) is 6.29 Å². The number of nitrogens with two attached hydrogens (primary N) is 1. The first-order valence-corrected chi connectivity index (χ1v) is 24.2. The topological polar surface area (TPSA) is 216 Å². The predicted molar refractivity (Wildman–Crippen MR) is 272 cm³/mol. The highest BCUT2D eigenvalue weighted by Gasteiger charge is 2.38. The van der Waals surface area contributed by atoms with Gasteiger partial charge in [0.1, 0.15) is 33.0 Å². The second-order valence-corrected chi connectivity index (χ2v) is 18.3. The van der Waals surface area contributed by atoms with Gasteiger partial charge in [-0.25, -0.2) is 21.3 Å². The molecule has 0 aliphatic heterocycles. The third-order valence-corrected chi connectivity index (χ3v) is 12.7. The number of amides is 2. The van der Waals surface area contributed by atoms with Crippen LogP contribution in [0.4, 0.5) is 0 Å². The molecule has 0 atom stereocenters. The molecular weight excluding hydrogens is 1000 g/mol. The number of hydrogen-bond acceptors (Lipinski definition) is 9. The Morgan fingerprint density at radius 2 is 1.10 bits per heavy atom. The smallest absolute Gasteiger partial charge is 0.384 e. The Morgan fingerprint density at radius 1 is 0.667 bits per heavy atom. The second kappa shape index (κ2) is 28.5. The fourth-order valence-electron chi connectivity index (χ4n) is 8.53. The maximum atomic E-state index is 12.8. The van der Waals surface area contributed by atoms with Crippen molar-refractivity contribution in [2.45, 2.75) is 100 Å². The van der Waals surface area contributed by atoms with E-state index in [-0.39, 0.29) is 40.4 Å². The van der Waals surface area contributed by atoms with Crippen LogP contribution in [0.25, 0.3) is 10.9 Å². The molecule has 69 heavy (non-hydrogen) atoms. The van der Waals surface area contributed by atoms with Gasteiger partial charge < -0.3 is 26.3 Å². The summed E-state index contributed by atoms with van der Waals surface area (Å²) in [6.45, 7) is 5.56. The summed E-state index contributed by atoms with van der Waals surface area (Å²) in [7, 11) is 0. The summed E-state index contributed by atoms with van der Waals surface area (Å²) in [4.78, 5) is 54.5. The van der Waals surface area contributed by atoms with Crippen molar-refractivity contribution in [3.05, 3.63) is 182 Å². The number of halogens is 2. The molecule has 5 N–H and O–H groups in total. The van der Waals surface area contributed by atoms with Crippen molar-refractivity contribution in [2.75, 3.05) is 6.54 Å². The maximum absolute atomic E-state index is 12.8. The van der Waals surface area contributed by atoms with E-state index >= 15 is 0 Å². The van der Waals surface area contributed by atoms with Crippen LogP contribution in [0, 0.1) is 29.2 Å². The van der Waals surface area contributed by atoms with Crippen LogP contribution in [0.2, 0.25) is 0 Å². The summed E-state index contributed by atoms with van der Waals surface area (Å²) in [6, 6.07) is 45.0. The number of pyridine rings is 2. The van der Waals surface area contributed by atoms with Gasteiger partial charge in [0.25, 0.3) is 5.91 Å². The summed E-state index contributed by atoms with van der Waals surface area (Å²) in [5.41, 5.74) is 10.3. The third kappa shape index (κ3) is 17.6. The molecule has 13 nitrogen and oxygen atoms in total. The van der Waals surface area contributed by atoms with Gasteiger partial charge in [-0.15, -0.1) is 0 Å². The lowest BCUT2D eigenvalue weighted by Crippen LogP contribution is -2.44. The number of aldehydes is 1. The van der Waals surface area contributed by atoms with E-state index < -0.39 is 12.5 Å². The van der Waals surface area contributed by atoms with Crippen LogP contribution < -0.4 is 16.4 Å². The number of rotatable bonds is 10. The first kappa shape index (κ1) is 54.8. The van der Waals surface area contributed by atoms with E-state index in [2.05, 4.69) is 93.7 Å². The Bertz CT molecular complexity index is 2590. The number of carboxylic acids is 1. The number of aliphatic carboxylic acids is 1. The molecule has 15 heteroatoms. The van der Waals surface area contributed by atoms with Gasteiger partial charge >= 0.3 is 12.5 Å². The molecule has 2 aromatic heterocycles. The summed E-state index contributed by atoms with van der Waals surface area (Å²) in [5, 5.41) is 31.9. The molecule has 8 rings (SSSR count). The largest absolute Gasteiger partial charge is 0.476 e. The lowest BCUT2D eigenvalue weighted by molar-refractivity contribution is -0.134. The minimum atomic E-state index is -1.06. The number of carbonyl (C=O) groups is 4. The number of nitriles is 2. The zero-order valence-electron chi connectivity index (χ0n) is 38.3. The van der Waals surface area contributed by atoms with Gasteiger partial charge in [0, 0.05) is 5.54 Å². The monoisotopic (exact) mass is 1050 g/mol. The Labute approximate surface area is 421 Å². The highest BCUT2D eigenvalue weighted by Crippen LogP contribution is 2.40. The van der Waals surface area contributed by atoms with Crippen molar-refractivity contribution in [1.82, 2.24) is 20.6 Å². The molecule has 0 spiro atoms. The number of benzene rings is 3. The van der Waals surface area contributed by atoms with Crippen LogP contribution in [-0.4, -0.2) is 45.7 Å². The zero-order chi connectivity index (χ0) is 50.0. The number of nitrogens with one attached hydrogen (secondary N) is 2. The summed E-state index contributed by atoms with van der Waals surface area (Å²) < 4.78 is 1.35. The molecule has 3 aromatic carbocycles. The van der Waals surface area contributed by atoms with E-state index in [1.54, 1.807) is 30.3 Å². The number of aromatic nitrogens is 2. The standard InChI is InChI=1S/C20H18BrN3O.C14H16N2O.C11H15N.C6H4BrNO.C3H3NO2/c21-18-10-6-9-17(23-18)13-15(14-22)19(25)24-20(11-4-5-12-20)16-7-2-1-3-8-16;15-11-8-13(17)16-14(9-4-5-10-14)12-6-2-1-3-7-12;12-11(8-4-5-9-11)10-6-2-1-3-7-10;7-6-3-1-2-5(4-9)8-6;1-4-2-3(5)6/h1-3,6-10,13H,4-5,11-12H2,(H,24,25);1-3,6-7H,4-5,8-10H2,(H,16,17);1-3,6-7H,4-5,8-9,12H2;1-4H;2H2,(H,5,6)/b15-13+;;;;. The van der Waals surface area contributed by atoms with E-state index in [1.807, 2.05) is 72.8 Å². The van der Waals surface area contributed by atoms with Gasteiger partial charge in [0.2, 0.25) is 5.91 Å². The molecule has 3 aliphatic carbocycles. The van der Waals surface area contributed by atoms with Gasteiger partial charge in [-0.05, 0) is 117 Å². The SMILES string of the molecule is N#C/C(=C\c1cccc(Br)n1)C(=O)NC1(c2ccccc2)CCCC1.N#CCC(=O)NC1(c2ccccc2)CCCC1.NC1(c2ccccc2)CCCC1.O=Cc1cccc(Br)n1.[C-]#[N+]CC(=O)O. The Morgan fingerprint density at radius 3 is 1.49 bits per heavy atom. The predicted octanol–water partition coefficient (Wildman–Crippen LogP) is 10.9. The van der Waals surface area contributed by atoms with E-state index in [0.29, 0.717) is 26.9 Å². The van der Waals surface area contributed by atoms with Gasteiger partial charge in [0.05, 0.1) is 22.8 Å². The maximum Gasteiger partial charge on any atom is 0.384 e. The number of nitrogens with zero attached hydrogens (tertiary/aromatic N) is 5. The third-order valence-electron chi connectivity index (χ3n) is 11.8. The zero-order valence-corrected chi connectivity index (χ0v) is 41.5. The minimum absolute atomic E-state index is 0.0126. The van der Waals surface area contributed by atoms with Crippen molar-refractivity contribution in [3.63, 3.8) is 0 Å². The van der Waals surface area contributed by atoms with Crippen LogP contribution >= 0.6 is 31.9 Å². The van der Waals surface area contributed by atoms with Crippen LogP contribution in [0.3, 0.4) is 0 Å². The molecular formula is C54H56Br2N8O5. The van der Waals surface area contributed by atoms with Crippen molar-refractivity contribution in [1.29, 1.82) is 10.5 Å². The summed E-state index contributed by atoms with van der Waals surface area (Å²) in [5.74, 6) is -1.58. The molecule has 3 saturated carbocycles. The van der Waals surface area contributed by atoms with Gasteiger partial charge in [-0.1, -0.05) is 142 Å². The molecule has 0 saturated heterocycles. The van der Waals surface area contributed by atoms with Gasteiger partial charge in [-0.3, -0.25) is 14.4 Å². The quantitative estimate of drug-likeness (QED) is 0.0341. The Kier molecular flexibility index (Phi) is 22.6. The fourth-order valence-corrected chi connectivity index (χ4v) is 9.25. The Hall–Kier alpha value is -6.83. The van der Waals surface area contributed by atoms with E-state index in [4.69, 9.17) is 22.7 Å². The molecule has 5 aromatic rings. The average Bonchev–Trinajstić information content (AvgIpc) is 4.16. The van der Waals surface area contributed by atoms with E-state index in [1.165, 1.54) is 24.5 Å². The summed E-state index contributed by atoms with van der Waals surface area (Å²) >= 11 is 6.43. The average molecular weight is 1060 g/mol. The molecule has 356 valence electrons. The van der Waals surface area contributed by atoms with Crippen molar-refractivity contribution >= 4 is 62.0 Å². The number of hydrogen-bond donors (Lipinski definition) is 4. The minimum Gasteiger partial charge on any atom is -0.476 e. The number of carboxylic acid groups (broad SMARTS) is 1. The molecule has 3 aliphatic rings. The first-order valence-electron chi connectivity index (χ1n) is 22.6. The fraction of sp³-hybridized carbons (Fsp3) is 0.315. The second-order valence-electron chi connectivity index (χ2n) is 16.6. The summed E-state index contributed by atoms with van der Waals surface area (Å²) in [6.07, 6.45) is 15.1. The van der Waals surface area contributed by atoms with Crippen LogP contribution in [0.1, 0.15) is 116 Å². The molecule has 0 bridgehead atoms. The molecule has 0 radical (unpaired) electrons. The molecule has 3 fully saturated rings. The first-order chi connectivity index (χ1) is 33.3. The van der Waals surface area contributed by atoms with Crippen LogP contribution in [0.15, 0.2) is 142 Å². The molecule has 2 heterocycles. The van der Waals surface area contributed by atoms with Crippen molar-refractivity contribution in [3.8, 4) is 12.1 Å². The molecule has 2 amide bonds.